The molecule has 1 atom stereocenters. The standard InChI is InChI=1S/C20H25BrN2O4/c1-4-18-22-14(3)12-19(24)23(18)10-11-27-16-8-6-15(7-9-16)13-17(21)20(25)26-5-2/h6-9,12,17H,4-5,10-11,13H2,1-3H3. The van der Waals surface area contributed by atoms with E-state index < -0.39 is 0 Å². The molecule has 1 heterocycles. The van der Waals surface area contributed by atoms with Crippen LogP contribution in [-0.2, 0) is 28.9 Å². The number of halogens is 1. The van der Waals surface area contributed by atoms with Crippen LogP contribution in [0.3, 0.4) is 0 Å². The quantitative estimate of drug-likeness (QED) is 0.446. The SMILES string of the molecule is CCOC(=O)C(Br)Cc1ccc(OCCn2c(CC)nc(C)cc2=O)cc1. The number of esters is 1. The van der Waals surface area contributed by atoms with Gasteiger partial charge in [0, 0.05) is 18.2 Å². The van der Waals surface area contributed by atoms with Gasteiger partial charge in [-0.15, -0.1) is 0 Å². The molecule has 2 aromatic rings. The van der Waals surface area contributed by atoms with E-state index in [1.165, 1.54) is 6.07 Å². The van der Waals surface area contributed by atoms with Gasteiger partial charge in [0.05, 0.1) is 13.2 Å². The van der Waals surface area contributed by atoms with Gasteiger partial charge < -0.3 is 9.47 Å². The maximum atomic E-state index is 12.1. The molecule has 27 heavy (non-hydrogen) atoms. The Hall–Kier alpha value is -2.15. The average molecular weight is 437 g/mol. The number of aryl methyl sites for hydroxylation is 2. The van der Waals surface area contributed by atoms with Gasteiger partial charge in [-0.25, -0.2) is 4.98 Å². The summed E-state index contributed by atoms with van der Waals surface area (Å²) in [6, 6.07) is 9.09. The van der Waals surface area contributed by atoms with Crippen molar-refractivity contribution in [1.82, 2.24) is 9.55 Å². The molecule has 0 aliphatic carbocycles. The fraction of sp³-hybridized carbons (Fsp3) is 0.450. The van der Waals surface area contributed by atoms with Crippen LogP contribution in [0.1, 0.15) is 30.9 Å². The number of carbonyl (C=O) groups excluding carboxylic acids is 1. The average Bonchev–Trinajstić information content (AvgIpc) is 2.64. The van der Waals surface area contributed by atoms with Crippen LogP contribution in [-0.4, -0.2) is 33.6 Å². The van der Waals surface area contributed by atoms with Crippen LogP contribution in [0, 0.1) is 6.92 Å². The number of hydrogen-bond acceptors (Lipinski definition) is 5. The number of benzene rings is 1. The van der Waals surface area contributed by atoms with E-state index in [1.807, 2.05) is 38.1 Å². The number of hydrogen-bond donors (Lipinski definition) is 0. The van der Waals surface area contributed by atoms with Gasteiger partial charge in [-0.05, 0) is 38.0 Å². The predicted octanol–water partition coefficient (Wildman–Crippen LogP) is 3.06. The van der Waals surface area contributed by atoms with Crippen molar-refractivity contribution < 1.29 is 14.3 Å². The summed E-state index contributed by atoms with van der Waals surface area (Å²) in [4.78, 5) is 27.8. The number of nitrogens with zero attached hydrogens (tertiary/aromatic N) is 2. The number of carbonyl (C=O) groups is 1. The smallest absolute Gasteiger partial charge is 0.320 e. The van der Waals surface area contributed by atoms with Gasteiger partial charge in [-0.2, -0.15) is 0 Å². The van der Waals surface area contributed by atoms with Gasteiger partial charge in [0.25, 0.3) is 5.56 Å². The zero-order valence-electron chi connectivity index (χ0n) is 15.9. The van der Waals surface area contributed by atoms with Crippen molar-refractivity contribution in [2.45, 2.75) is 45.0 Å². The van der Waals surface area contributed by atoms with Gasteiger partial charge in [-0.1, -0.05) is 35.0 Å². The zero-order valence-corrected chi connectivity index (χ0v) is 17.5. The summed E-state index contributed by atoms with van der Waals surface area (Å²) >= 11 is 3.35. The Labute approximate surface area is 167 Å². The minimum atomic E-state index is -0.363. The van der Waals surface area contributed by atoms with Crippen LogP contribution in [0.4, 0.5) is 0 Å². The van der Waals surface area contributed by atoms with Crippen molar-refractivity contribution >= 4 is 21.9 Å². The van der Waals surface area contributed by atoms with Crippen molar-refractivity contribution in [3.05, 3.63) is 57.8 Å². The molecule has 0 N–H and O–H groups in total. The summed E-state index contributed by atoms with van der Waals surface area (Å²) in [5.74, 6) is 1.22. The van der Waals surface area contributed by atoms with Crippen molar-refractivity contribution in [2.24, 2.45) is 0 Å². The van der Waals surface area contributed by atoms with Crippen LogP contribution < -0.4 is 10.3 Å². The molecule has 7 heteroatoms. The molecule has 6 nitrogen and oxygen atoms in total. The number of ether oxygens (including phenoxy) is 2. The maximum Gasteiger partial charge on any atom is 0.320 e. The summed E-state index contributed by atoms with van der Waals surface area (Å²) < 4.78 is 12.4. The molecule has 2 rings (SSSR count). The normalized spacial score (nSPS) is 11.9. The number of aromatic nitrogens is 2. The Bertz CT molecular complexity index is 818. The van der Waals surface area contributed by atoms with E-state index in [0.29, 0.717) is 38.3 Å². The topological polar surface area (TPSA) is 70.4 Å². The van der Waals surface area contributed by atoms with E-state index in [9.17, 15) is 9.59 Å². The first-order valence-electron chi connectivity index (χ1n) is 9.04. The molecule has 146 valence electrons. The second-order valence-corrected chi connectivity index (χ2v) is 7.18. The van der Waals surface area contributed by atoms with E-state index in [-0.39, 0.29) is 16.4 Å². The second kappa shape index (κ2) is 10.3. The number of alkyl halides is 1. The lowest BCUT2D eigenvalue weighted by Crippen LogP contribution is -2.27. The van der Waals surface area contributed by atoms with Crippen molar-refractivity contribution in [3.63, 3.8) is 0 Å². The van der Waals surface area contributed by atoms with E-state index in [2.05, 4.69) is 20.9 Å². The Morgan fingerprint density at radius 3 is 2.59 bits per heavy atom. The molecule has 0 saturated heterocycles. The fourth-order valence-electron chi connectivity index (χ4n) is 2.69. The lowest BCUT2D eigenvalue weighted by Gasteiger charge is -2.13. The van der Waals surface area contributed by atoms with Crippen molar-refractivity contribution in [3.8, 4) is 5.75 Å². The molecular formula is C20H25BrN2O4. The first kappa shape index (κ1) is 21.2. The third-order valence-corrected chi connectivity index (χ3v) is 4.69. The highest BCUT2D eigenvalue weighted by molar-refractivity contribution is 9.10. The van der Waals surface area contributed by atoms with Gasteiger partial charge in [-0.3, -0.25) is 14.2 Å². The molecule has 0 spiro atoms. The van der Waals surface area contributed by atoms with Crippen molar-refractivity contribution in [2.75, 3.05) is 13.2 Å². The summed E-state index contributed by atoms with van der Waals surface area (Å²) in [6.45, 7) is 6.78. The monoisotopic (exact) mass is 436 g/mol. The molecule has 0 bridgehead atoms. The lowest BCUT2D eigenvalue weighted by atomic mass is 10.1. The van der Waals surface area contributed by atoms with Gasteiger partial charge in [0.2, 0.25) is 0 Å². The Kier molecular flexibility index (Phi) is 8.03. The predicted molar refractivity (Wildman–Crippen MR) is 108 cm³/mol. The molecule has 0 saturated carbocycles. The maximum absolute atomic E-state index is 12.1. The molecule has 0 aliphatic heterocycles. The van der Waals surface area contributed by atoms with Crippen molar-refractivity contribution in [1.29, 1.82) is 0 Å². The van der Waals surface area contributed by atoms with E-state index in [0.717, 1.165) is 17.1 Å². The Morgan fingerprint density at radius 1 is 1.26 bits per heavy atom. The Morgan fingerprint density at radius 2 is 1.96 bits per heavy atom. The van der Waals surface area contributed by atoms with E-state index >= 15 is 0 Å². The molecule has 0 aliphatic rings. The highest BCUT2D eigenvalue weighted by Crippen LogP contribution is 2.16. The summed E-state index contributed by atoms with van der Waals surface area (Å²) in [7, 11) is 0. The minimum Gasteiger partial charge on any atom is -0.492 e. The Balaban J connectivity index is 1.91. The lowest BCUT2D eigenvalue weighted by molar-refractivity contribution is -0.142. The largest absolute Gasteiger partial charge is 0.492 e. The fourth-order valence-corrected chi connectivity index (χ4v) is 3.19. The summed E-state index contributed by atoms with van der Waals surface area (Å²) in [5, 5.41) is 0. The highest BCUT2D eigenvalue weighted by Gasteiger charge is 2.16. The first-order valence-corrected chi connectivity index (χ1v) is 9.96. The van der Waals surface area contributed by atoms with Gasteiger partial charge in [0.15, 0.2) is 0 Å². The summed E-state index contributed by atoms with van der Waals surface area (Å²) in [5.41, 5.74) is 1.68. The highest BCUT2D eigenvalue weighted by atomic mass is 79.9. The van der Waals surface area contributed by atoms with Gasteiger partial charge in [0.1, 0.15) is 23.0 Å². The van der Waals surface area contributed by atoms with Crippen LogP contribution in [0.15, 0.2) is 35.1 Å². The molecule has 1 aromatic carbocycles. The minimum absolute atomic E-state index is 0.0550. The van der Waals surface area contributed by atoms with Crippen LogP contribution in [0.2, 0.25) is 0 Å². The van der Waals surface area contributed by atoms with Crippen LogP contribution in [0.5, 0.6) is 5.75 Å². The molecule has 0 amide bonds. The molecule has 0 fully saturated rings. The molecule has 1 unspecified atom stereocenters. The summed E-state index contributed by atoms with van der Waals surface area (Å²) in [6.07, 6.45) is 1.24. The van der Waals surface area contributed by atoms with Gasteiger partial charge >= 0.3 is 5.97 Å². The third-order valence-electron chi connectivity index (χ3n) is 4.00. The molecule has 0 radical (unpaired) electrons. The molecular weight excluding hydrogens is 412 g/mol. The van der Waals surface area contributed by atoms with Crippen LogP contribution >= 0.6 is 15.9 Å². The molecule has 1 aromatic heterocycles. The van der Waals surface area contributed by atoms with E-state index in [4.69, 9.17) is 9.47 Å². The second-order valence-electron chi connectivity index (χ2n) is 6.07. The number of rotatable bonds is 9. The zero-order chi connectivity index (χ0) is 19.8. The van der Waals surface area contributed by atoms with E-state index in [1.54, 1.807) is 11.5 Å². The first-order chi connectivity index (χ1) is 12.9. The third kappa shape index (κ3) is 6.20. The van der Waals surface area contributed by atoms with Crippen LogP contribution in [0.25, 0.3) is 0 Å².